The number of fused-ring (bicyclic) bond motifs is 4. The second-order valence-corrected chi connectivity index (χ2v) is 9.58. The number of hydrogen-bond acceptors (Lipinski definition) is 4. The van der Waals surface area contributed by atoms with Gasteiger partial charge in [-0.05, 0) is 80.9 Å². The molecule has 1 atom stereocenters. The summed E-state index contributed by atoms with van der Waals surface area (Å²) in [6, 6.07) is 26.9. The highest BCUT2D eigenvalue weighted by molar-refractivity contribution is 5.97. The van der Waals surface area contributed by atoms with Crippen molar-refractivity contribution in [3.8, 4) is 35.3 Å². The van der Waals surface area contributed by atoms with Gasteiger partial charge in [0.15, 0.2) is 23.0 Å². The van der Waals surface area contributed by atoms with E-state index in [0.29, 0.717) is 23.0 Å². The number of ether oxygens (including phenoxy) is 4. The van der Waals surface area contributed by atoms with Gasteiger partial charge in [-0.15, -0.1) is 6.42 Å². The van der Waals surface area contributed by atoms with Gasteiger partial charge in [-0.1, -0.05) is 60.5 Å². The Morgan fingerprint density at radius 1 is 0.564 bits per heavy atom. The summed E-state index contributed by atoms with van der Waals surface area (Å²) in [4.78, 5) is 0. The molecule has 1 unspecified atom stereocenters. The second-order valence-electron chi connectivity index (χ2n) is 9.58. The molecular weight excluding hydrogens is 484 g/mol. The number of methoxy groups -OCH3 is 4. The van der Waals surface area contributed by atoms with Gasteiger partial charge in [0, 0.05) is 5.56 Å². The van der Waals surface area contributed by atoms with Crippen LogP contribution < -0.4 is 18.9 Å². The normalized spacial score (nSPS) is 16.6. The third-order valence-corrected chi connectivity index (χ3v) is 7.71. The number of rotatable bonds is 6. The average Bonchev–Trinajstić information content (AvgIpc) is 3.50. The molecule has 0 N–H and O–H groups in total. The Hall–Kier alpha value is -4.88. The van der Waals surface area contributed by atoms with E-state index in [2.05, 4.69) is 78.7 Å². The van der Waals surface area contributed by atoms with Crippen LogP contribution in [0.4, 0.5) is 0 Å². The van der Waals surface area contributed by atoms with E-state index in [1.807, 2.05) is 18.2 Å². The fourth-order valence-electron chi connectivity index (χ4n) is 5.84. The molecule has 4 aromatic rings. The van der Waals surface area contributed by atoms with Crippen LogP contribution in [0.1, 0.15) is 38.9 Å². The fourth-order valence-corrected chi connectivity index (χ4v) is 5.84. The molecule has 2 aliphatic carbocycles. The number of allylic oxidation sites excluding steroid dienone is 2. The van der Waals surface area contributed by atoms with Crippen LogP contribution in [0, 0.1) is 12.3 Å². The second kappa shape index (κ2) is 9.45. The van der Waals surface area contributed by atoms with E-state index in [1.54, 1.807) is 28.4 Å². The first kappa shape index (κ1) is 24.5. The highest BCUT2D eigenvalue weighted by atomic mass is 16.5. The molecule has 0 saturated carbocycles. The van der Waals surface area contributed by atoms with Crippen LogP contribution in [-0.4, -0.2) is 28.4 Å². The minimum absolute atomic E-state index is 0.574. The predicted octanol–water partition coefficient (Wildman–Crippen LogP) is 6.88. The molecule has 1 spiro atoms. The molecule has 0 saturated heterocycles. The molecule has 4 heteroatoms. The topological polar surface area (TPSA) is 36.9 Å². The Balaban J connectivity index is 1.70. The molecule has 4 aromatic carbocycles. The Morgan fingerprint density at radius 3 is 1.44 bits per heavy atom. The molecule has 6 rings (SSSR count). The van der Waals surface area contributed by atoms with Crippen LogP contribution in [0.3, 0.4) is 0 Å². The van der Waals surface area contributed by atoms with Crippen LogP contribution >= 0.6 is 0 Å². The van der Waals surface area contributed by atoms with Crippen molar-refractivity contribution in [1.29, 1.82) is 0 Å². The van der Waals surface area contributed by atoms with Crippen molar-refractivity contribution >= 4 is 11.1 Å². The van der Waals surface area contributed by atoms with E-state index in [4.69, 9.17) is 25.4 Å². The first-order chi connectivity index (χ1) is 19.1. The minimum Gasteiger partial charge on any atom is -0.493 e. The Morgan fingerprint density at radius 2 is 1.00 bits per heavy atom. The van der Waals surface area contributed by atoms with E-state index in [-0.39, 0.29) is 0 Å². The van der Waals surface area contributed by atoms with Gasteiger partial charge in [-0.25, -0.2) is 0 Å². The standard InChI is InChI=1S/C35H28O4/c1-6-22-12-14-24(15-13-22)28-21-35(30-19-34(39-5)32(37-3)17-26(28)30)20-27(23-10-8-7-9-11-23)25-16-31(36-2)33(38-4)18-29(25)35/h1,7-21H,2-5H3. The number of hydrogen-bond donors (Lipinski definition) is 0. The van der Waals surface area contributed by atoms with Crippen molar-refractivity contribution in [2.45, 2.75) is 5.41 Å². The Bertz CT molecular complexity index is 1690. The summed E-state index contributed by atoms with van der Waals surface area (Å²) in [6.45, 7) is 0. The van der Waals surface area contributed by atoms with Crippen LogP contribution in [0.15, 0.2) is 91.0 Å². The first-order valence-electron chi connectivity index (χ1n) is 12.7. The molecule has 0 radical (unpaired) electrons. The van der Waals surface area contributed by atoms with Crippen molar-refractivity contribution < 1.29 is 18.9 Å². The highest BCUT2D eigenvalue weighted by Crippen LogP contribution is 2.58. The molecule has 2 aliphatic rings. The van der Waals surface area contributed by atoms with E-state index >= 15 is 0 Å². The largest absolute Gasteiger partial charge is 0.493 e. The van der Waals surface area contributed by atoms with E-state index < -0.39 is 5.41 Å². The van der Waals surface area contributed by atoms with Gasteiger partial charge in [-0.2, -0.15) is 0 Å². The molecule has 0 bridgehead atoms. The third kappa shape index (κ3) is 3.70. The van der Waals surface area contributed by atoms with E-state index in [0.717, 1.165) is 50.1 Å². The maximum atomic E-state index is 5.78. The lowest BCUT2D eigenvalue weighted by molar-refractivity contribution is 0.353. The van der Waals surface area contributed by atoms with Crippen LogP contribution in [-0.2, 0) is 5.41 Å². The minimum atomic E-state index is -0.574. The van der Waals surface area contributed by atoms with Crippen molar-refractivity contribution in [3.05, 3.63) is 130 Å². The lowest BCUT2D eigenvalue weighted by Gasteiger charge is -2.25. The highest BCUT2D eigenvalue weighted by Gasteiger charge is 2.45. The van der Waals surface area contributed by atoms with Crippen LogP contribution in [0.2, 0.25) is 0 Å². The van der Waals surface area contributed by atoms with Gasteiger partial charge in [-0.3, -0.25) is 0 Å². The molecule has 39 heavy (non-hydrogen) atoms. The van der Waals surface area contributed by atoms with Gasteiger partial charge in [0.1, 0.15) is 0 Å². The molecule has 0 aromatic heterocycles. The Kier molecular flexibility index (Phi) is 5.93. The summed E-state index contributed by atoms with van der Waals surface area (Å²) < 4.78 is 23.0. The molecule has 0 heterocycles. The number of terminal acetylenes is 1. The molecule has 0 fully saturated rings. The van der Waals surface area contributed by atoms with Gasteiger partial charge in [0.05, 0.1) is 33.9 Å². The van der Waals surface area contributed by atoms with Crippen molar-refractivity contribution in [1.82, 2.24) is 0 Å². The van der Waals surface area contributed by atoms with Gasteiger partial charge < -0.3 is 18.9 Å². The third-order valence-electron chi connectivity index (χ3n) is 7.71. The summed E-state index contributed by atoms with van der Waals surface area (Å²) >= 11 is 0. The van der Waals surface area contributed by atoms with Crippen LogP contribution in [0.25, 0.3) is 11.1 Å². The zero-order valence-electron chi connectivity index (χ0n) is 22.4. The molecule has 0 aliphatic heterocycles. The molecule has 4 nitrogen and oxygen atoms in total. The van der Waals surface area contributed by atoms with Gasteiger partial charge >= 0.3 is 0 Å². The molecule has 192 valence electrons. The summed E-state index contributed by atoms with van der Waals surface area (Å²) in [7, 11) is 6.67. The summed E-state index contributed by atoms with van der Waals surface area (Å²) in [5, 5.41) is 0. The zero-order valence-corrected chi connectivity index (χ0v) is 22.4. The first-order valence-corrected chi connectivity index (χ1v) is 12.7. The maximum absolute atomic E-state index is 5.78. The van der Waals surface area contributed by atoms with Crippen molar-refractivity contribution in [3.63, 3.8) is 0 Å². The maximum Gasteiger partial charge on any atom is 0.161 e. The lowest BCUT2D eigenvalue weighted by atomic mass is 9.78. The quantitative estimate of drug-likeness (QED) is 0.264. The van der Waals surface area contributed by atoms with E-state index in [9.17, 15) is 0 Å². The SMILES string of the molecule is C#Cc1ccc(C2=CC3(C=C(c4ccccc4)c4cc(OC)c(OC)cc43)c3cc(OC)c(OC)cc32)cc1. The Labute approximate surface area is 229 Å². The summed E-state index contributed by atoms with van der Waals surface area (Å²) in [5.41, 5.74) is 9.09. The smallest absolute Gasteiger partial charge is 0.161 e. The average molecular weight is 513 g/mol. The zero-order chi connectivity index (χ0) is 27.1. The monoisotopic (exact) mass is 512 g/mol. The van der Waals surface area contributed by atoms with Crippen molar-refractivity contribution in [2.24, 2.45) is 0 Å². The van der Waals surface area contributed by atoms with Crippen molar-refractivity contribution in [2.75, 3.05) is 28.4 Å². The lowest BCUT2D eigenvalue weighted by Crippen LogP contribution is -2.19. The predicted molar refractivity (Wildman–Crippen MR) is 155 cm³/mol. The molecular formula is C35H28O4. The van der Waals surface area contributed by atoms with Gasteiger partial charge in [0.2, 0.25) is 0 Å². The fraction of sp³-hybridized carbons (Fsp3) is 0.143. The summed E-state index contributed by atoms with van der Waals surface area (Å²) in [5.74, 6) is 5.44. The number of benzene rings is 4. The summed E-state index contributed by atoms with van der Waals surface area (Å²) in [6.07, 6.45) is 10.3. The van der Waals surface area contributed by atoms with Gasteiger partial charge in [0.25, 0.3) is 0 Å². The van der Waals surface area contributed by atoms with Crippen LogP contribution in [0.5, 0.6) is 23.0 Å². The molecule has 0 amide bonds. The van der Waals surface area contributed by atoms with E-state index in [1.165, 1.54) is 0 Å².